The maximum atomic E-state index is 14.6. The summed E-state index contributed by atoms with van der Waals surface area (Å²) in [5.74, 6) is 0.346. The molecule has 392 valence electrons. The molecule has 4 aliphatic heterocycles. The number of carboxylic acids is 1. The van der Waals surface area contributed by atoms with Crippen LogP contribution < -0.4 is 10.6 Å². The quantitative estimate of drug-likeness (QED) is 0.0573. The Morgan fingerprint density at radius 2 is 1.26 bits per heavy atom. The first-order valence-electron chi connectivity index (χ1n) is 26.5. The van der Waals surface area contributed by atoms with Crippen LogP contribution in [0.5, 0.6) is 0 Å². The number of aryl methyl sites for hydroxylation is 4. The fourth-order valence-electron chi connectivity index (χ4n) is 10.2. The van der Waals surface area contributed by atoms with Gasteiger partial charge in [0, 0.05) is 69.4 Å². The molecule has 1 unspecified atom stereocenters. The average molecular weight is 997 g/mol. The lowest BCUT2D eigenvalue weighted by Crippen LogP contribution is -2.34. The molecule has 4 aliphatic rings. The maximum Gasteiger partial charge on any atom is 0.325 e. The number of benzene rings is 2. The summed E-state index contributed by atoms with van der Waals surface area (Å²) in [4.78, 5) is 38.5. The molecule has 0 saturated carbocycles. The summed E-state index contributed by atoms with van der Waals surface area (Å²) in [6.45, 7) is 15.5. The number of aliphatic carboxylic acids is 1. The van der Waals surface area contributed by atoms with Crippen molar-refractivity contribution < 1.29 is 42.4 Å². The zero-order valence-electron chi connectivity index (χ0n) is 43.2. The molecule has 2 fully saturated rings. The van der Waals surface area contributed by atoms with Gasteiger partial charge < -0.3 is 34.7 Å². The number of nitrogens with zero attached hydrogens (tertiary/aromatic N) is 4. The molecule has 2 aromatic heterocycles. The van der Waals surface area contributed by atoms with Gasteiger partial charge in [0.2, 0.25) is 0 Å². The lowest BCUT2D eigenvalue weighted by Gasteiger charge is -2.28. The van der Waals surface area contributed by atoms with Crippen molar-refractivity contribution in [2.45, 2.75) is 161 Å². The summed E-state index contributed by atoms with van der Waals surface area (Å²) in [6.07, 6.45) is 12.0. The highest BCUT2D eigenvalue weighted by Crippen LogP contribution is 2.33. The number of hydrogen-bond acceptors (Lipinski definition) is 12. The molecule has 0 amide bonds. The predicted molar refractivity (Wildman–Crippen MR) is 276 cm³/mol. The molecule has 0 radical (unpaired) electrons. The highest BCUT2D eigenvalue weighted by molar-refractivity contribution is 5.83. The van der Waals surface area contributed by atoms with E-state index < -0.39 is 23.9 Å². The number of carbonyl (C=O) groups excluding carboxylic acids is 1. The molecule has 8 rings (SSSR count). The van der Waals surface area contributed by atoms with Crippen molar-refractivity contribution in [1.29, 1.82) is 0 Å². The zero-order chi connectivity index (χ0) is 51.0. The van der Waals surface area contributed by atoms with Crippen molar-refractivity contribution in [1.82, 2.24) is 19.8 Å². The highest BCUT2D eigenvalue weighted by Gasteiger charge is 2.36. The fourth-order valence-corrected chi connectivity index (χ4v) is 10.2. The van der Waals surface area contributed by atoms with E-state index in [2.05, 4.69) is 39.8 Å². The summed E-state index contributed by atoms with van der Waals surface area (Å²) in [5, 5.41) is 16.8. The lowest BCUT2D eigenvalue weighted by molar-refractivity contribution is -0.143. The van der Waals surface area contributed by atoms with Gasteiger partial charge >= 0.3 is 5.97 Å². The number of rotatable bonds is 24. The average Bonchev–Trinajstić information content (AvgIpc) is 4.03. The van der Waals surface area contributed by atoms with Crippen molar-refractivity contribution >= 4 is 23.4 Å². The van der Waals surface area contributed by atoms with Gasteiger partial charge in [0.15, 0.2) is 5.78 Å². The van der Waals surface area contributed by atoms with Crippen LogP contribution in [0, 0.1) is 11.6 Å². The molecule has 2 saturated heterocycles. The van der Waals surface area contributed by atoms with E-state index in [9.17, 15) is 23.5 Å². The molecule has 13 nitrogen and oxygen atoms in total. The van der Waals surface area contributed by atoms with Gasteiger partial charge in [0.05, 0.1) is 43.7 Å². The number of carboxylic acid groups (broad SMARTS) is 1. The number of ketones is 1. The molecule has 4 aromatic rings. The van der Waals surface area contributed by atoms with Crippen LogP contribution >= 0.6 is 0 Å². The Labute approximate surface area is 425 Å². The van der Waals surface area contributed by atoms with Crippen LogP contribution in [0.2, 0.25) is 0 Å². The first kappa shape index (κ1) is 54.9. The van der Waals surface area contributed by atoms with E-state index in [0.29, 0.717) is 56.1 Å². The minimum atomic E-state index is -0.987. The van der Waals surface area contributed by atoms with E-state index in [1.165, 1.54) is 35.7 Å². The summed E-state index contributed by atoms with van der Waals surface area (Å²) in [6, 6.07) is 16.5. The van der Waals surface area contributed by atoms with E-state index in [1.54, 1.807) is 25.1 Å². The number of pyridine rings is 2. The van der Waals surface area contributed by atoms with Crippen LogP contribution in [0.1, 0.15) is 143 Å². The molecule has 0 aliphatic carbocycles. The minimum absolute atomic E-state index is 0.0130. The summed E-state index contributed by atoms with van der Waals surface area (Å²) in [5.41, 5.74) is 7.19. The summed E-state index contributed by atoms with van der Waals surface area (Å²) >= 11 is 0. The topological polar surface area (TPSA) is 148 Å². The van der Waals surface area contributed by atoms with Crippen LogP contribution in [0.4, 0.5) is 20.4 Å². The van der Waals surface area contributed by atoms with Crippen LogP contribution in [-0.4, -0.2) is 114 Å². The third kappa shape index (κ3) is 15.8. The third-order valence-electron chi connectivity index (χ3n) is 14.0. The normalized spacial score (nSPS) is 18.7. The number of aromatic nitrogens is 2. The summed E-state index contributed by atoms with van der Waals surface area (Å²) in [7, 11) is 0. The molecule has 15 heteroatoms. The molecular formula is C57H78F2N6O7. The number of fused-ring (bicyclic) bond motifs is 2. The number of hydrogen-bond donors (Lipinski definition) is 3. The number of Topliss-reactive ketones (excluding diaryl/α,β-unsaturated/α-hetero) is 1. The number of nitrogens with one attached hydrogen (secondary N) is 2. The van der Waals surface area contributed by atoms with Crippen LogP contribution in [-0.2, 0) is 67.4 Å². The van der Waals surface area contributed by atoms with Gasteiger partial charge in [-0.15, -0.1) is 0 Å². The molecule has 0 bridgehead atoms. The Balaban J connectivity index is 0.000000211. The van der Waals surface area contributed by atoms with E-state index in [1.807, 2.05) is 32.6 Å². The molecule has 0 spiro atoms. The Morgan fingerprint density at radius 1 is 0.708 bits per heavy atom. The van der Waals surface area contributed by atoms with E-state index in [4.69, 9.17) is 28.9 Å². The van der Waals surface area contributed by atoms with Gasteiger partial charge in [0.1, 0.15) is 29.3 Å². The maximum absolute atomic E-state index is 14.6. The number of anilines is 2. The number of halogens is 2. The monoisotopic (exact) mass is 997 g/mol. The fraction of sp³-hybridized carbons (Fsp3) is 0.579. The minimum Gasteiger partial charge on any atom is -0.480 e. The standard InChI is InChI=1S/C29H40FN3O3.C28H38FN3O4/c1-20(2)36-19-23-9-11-24(30)17-27(23)28(21(3)34)33-15-13-26(18-33)35-16-5-4-8-25-12-10-22-7-6-14-31-29(22)32-25;1-19(2)36-18-24-23(9-5-10-25(24)29)26(28(33)34)32-15-13-22(17-32)35-16-4-3-8-21-12-11-20-7-6-14-30-27(20)31-21/h9-12,17,20,26,28H,4-8,13-16,18-19H2,1-3H3,(H,31,32);5,9-12,19,22,26H,3-4,6-8,13-18H2,1-2H3,(H,30,31)(H,33,34)/t26-,28-;22-,26?/m11/s1. The predicted octanol–water partition coefficient (Wildman–Crippen LogP) is 9.99. The number of unbranched alkanes of at least 4 members (excludes halogenated alkanes) is 2. The molecule has 6 heterocycles. The molecule has 2 aromatic carbocycles. The van der Waals surface area contributed by atoms with Gasteiger partial charge in [-0.3, -0.25) is 19.4 Å². The van der Waals surface area contributed by atoms with Crippen molar-refractivity contribution in [2.75, 3.05) is 63.1 Å². The zero-order valence-corrected chi connectivity index (χ0v) is 43.2. The van der Waals surface area contributed by atoms with Gasteiger partial charge in [-0.1, -0.05) is 30.3 Å². The number of likely N-dealkylation sites (tertiary alicyclic amines) is 2. The van der Waals surface area contributed by atoms with Crippen LogP contribution in [0.25, 0.3) is 0 Å². The SMILES string of the molecule is CC(=O)[C@H](c1cc(F)ccc1COC(C)C)N1CC[C@@H](OCCCCc2ccc3c(n2)NCCC3)C1.CC(C)OCc1c(F)cccc1C(C(=O)O)N1CC[C@@H](OCCCCc2ccc3c(n2)NCCC3)C1. The van der Waals surface area contributed by atoms with Gasteiger partial charge in [-0.2, -0.15) is 0 Å². The second kappa shape index (κ2) is 27.4. The first-order chi connectivity index (χ1) is 34.8. The summed E-state index contributed by atoms with van der Waals surface area (Å²) < 4.78 is 52.4. The highest BCUT2D eigenvalue weighted by atomic mass is 19.1. The Kier molecular flexibility index (Phi) is 20.9. The smallest absolute Gasteiger partial charge is 0.325 e. The second-order valence-corrected chi connectivity index (χ2v) is 20.3. The Morgan fingerprint density at radius 3 is 1.81 bits per heavy atom. The van der Waals surface area contributed by atoms with Crippen molar-refractivity contribution in [2.24, 2.45) is 0 Å². The van der Waals surface area contributed by atoms with Gasteiger partial charge in [0.25, 0.3) is 0 Å². The van der Waals surface area contributed by atoms with E-state index in [0.717, 1.165) is 119 Å². The lowest BCUT2D eigenvalue weighted by atomic mass is 9.96. The van der Waals surface area contributed by atoms with Crippen molar-refractivity contribution in [3.63, 3.8) is 0 Å². The molecular weight excluding hydrogens is 919 g/mol. The number of carbonyl (C=O) groups is 2. The Hall–Kier alpha value is -4.90. The molecule has 72 heavy (non-hydrogen) atoms. The van der Waals surface area contributed by atoms with E-state index >= 15 is 0 Å². The molecule has 4 atom stereocenters. The van der Waals surface area contributed by atoms with Crippen LogP contribution in [0.3, 0.4) is 0 Å². The first-order valence-corrected chi connectivity index (χ1v) is 26.5. The van der Waals surface area contributed by atoms with Crippen molar-refractivity contribution in [3.8, 4) is 0 Å². The number of ether oxygens (including phenoxy) is 4. The second-order valence-electron chi connectivity index (χ2n) is 20.3. The molecule has 3 N–H and O–H groups in total. The van der Waals surface area contributed by atoms with Gasteiger partial charge in [-0.05, 0) is 170 Å². The van der Waals surface area contributed by atoms with E-state index in [-0.39, 0.29) is 42.6 Å². The third-order valence-corrected chi connectivity index (χ3v) is 14.0. The largest absolute Gasteiger partial charge is 0.480 e. The van der Waals surface area contributed by atoms with Crippen molar-refractivity contribution in [3.05, 3.63) is 117 Å². The Bertz CT molecular complexity index is 2280. The van der Waals surface area contributed by atoms with Crippen LogP contribution in [0.15, 0.2) is 60.7 Å². The van der Waals surface area contributed by atoms with Gasteiger partial charge in [-0.25, -0.2) is 18.7 Å².